The first-order chi connectivity index (χ1) is 9.35. The van der Waals surface area contributed by atoms with E-state index in [1.54, 1.807) is 0 Å². The Morgan fingerprint density at radius 3 is 3.05 bits per heavy atom. The lowest BCUT2D eigenvalue weighted by molar-refractivity contribution is 0.268. The van der Waals surface area contributed by atoms with E-state index < -0.39 is 0 Å². The highest BCUT2D eigenvalue weighted by atomic mass is 15.1. The zero-order valence-corrected chi connectivity index (χ0v) is 12.1. The molecule has 2 unspecified atom stereocenters. The summed E-state index contributed by atoms with van der Waals surface area (Å²) < 4.78 is 0. The molecule has 1 aromatic rings. The van der Waals surface area contributed by atoms with Crippen LogP contribution in [0.15, 0.2) is 24.3 Å². The number of hydrogen-bond acceptors (Lipinski definition) is 2. The number of hydrogen-bond donors (Lipinski definition) is 1. The number of nitrogens with zero attached hydrogens (tertiary/aromatic N) is 1. The summed E-state index contributed by atoms with van der Waals surface area (Å²) in [7, 11) is 0. The topological polar surface area (TPSA) is 15.3 Å². The fourth-order valence-electron chi connectivity index (χ4n) is 3.73. The molecule has 3 rings (SSSR count). The number of fused-ring (bicyclic) bond motifs is 1. The van der Waals surface area contributed by atoms with Crippen LogP contribution in [-0.2, 0) is 6.42 Å². The van der Waals surface area contributed by atoms with E-state index >= 15 is 0 Å². The number of anilines is 1. The third kappa shape index (κ3) is 3.11. The average molecular weight is 258 g/mol. The first-order valence-corrected chi connectivity index (χ1v) is 7.89. The molecular weight excluding hydrogens is 232 g/mol. The van der Waals surface area contributed by atoms with Gasteiger partial charge in [0, 0.05) is 25.3 Å². The molecule has 2 heterocycles. The molecule has 1 fully saturated rings. The highest BCUT2D eigenvalue weighted by molar-refractivity contribution is 5.53. The maximum atomic E-state index is 3.60. The van der Waals surface area contributed by atoms with Crippen molar-refractivity contribution in [1.29, 1.82) is 0 Å². The van der Waals surface area contributed by atoms with Gasteiger partial charge in [0.2, 0.25) is 0 Å². The van der Waals surface area contributed by atoms with Gasteiger partial charge in [-0.15, -0.1) is 0 Å². The average Bonchev–Trinajstić information content (AvgIpc) is 2.86. The first-order valence-electron chi connectivity index (χ1n) is 7.89. The van der Waals surface area contributed by atoms with Crippen molar-refractivity contribution in [2.45, 2.75) is 32.6 Å². The van der Waals surface area contributed by atoms with E-state index in [-0.39, 0.29) is 0 Å². The predicted molar refractivity (Wildman–Crippen MR) is 81.6 cm³/mol. The minimum Gasteiger partial charge on any atom is -0.384 e. The number of rotatable bonds is 4. The highest BCUT2D eigenvalue weighted by Gasteiger charge is 2.25. The van der Waals surface area contributed by atoms with Gasteiger partial charge in [0.25, 0.3) is 0 Å². The smallest absolute Gasteiger partial charge is 0.0372 e. The summed E-state index contributed by atoms with van der Waals surface area (Å²) in [6.07, 6.45) is 5.43. The molecule has 0 spiro atoms. The molecule has 0 saturated carbocycles. The van der Waals surface area contributed by atoms with Gasteiger partial charge in [-0.25, -0.2) is 0 Å². The van der Waals surface area contributed by atoms with Crippen molar-refractivity contribution >= 4 is 5.69 Å². The van der Waals surface area contributed by atoms with Crippen LogP contribution in [0.5, 0.6) is 0 Å². The standard InChI is InChI=1S/C17H26N2/c1-2-5-14-8-9-19(12-14)13-15-10-16-6-3-4-7-17(16)18-11-15/h3-4,6-7,14-15,18H,2,5,8-13H2,1H3. The summed E-state index contributed by atoms with van der Waals surface area (Å²) in [6.45, 7) is 7.40. The van der Waals surface area contributed by atoms with Crippen molar-refractivity contribution in [1.82, 2.24) is 4.90 Å². The summed E-state index contributed by atoms with van der Waals surface area (Å²) in [5, 5.41) is 3.60. The Bertz CT molecular complexity index is 415. The maximum Gasteiger partial charge on any atom is 0.0372 e. The molecule has 2 heteroatoms. The second-order valence-electron chi connectivity index (χ2n) is 6.31. The molecule has 2 atom stereocenters. The summed E-state index contributed by atoms with van der Waals surface area (Å²) in [6, 6.07) is 8.77. The number of benzene rings is 1. The van der Waals surface area contributed by atoms with Crippen molar-refractivity contribution in [2.24, 2.45) is 11.8 Å². The molecule has 0 radical (unpaired) electrons. The molecule has 0 aliphatic carbocycles. The summed E-state index contributed by atoms with van der Waals surface area (Å²) in [5.74, 6) is 1.75. The largest absolute Gasteiger partial charge is 0.384 e. The zero-order chi connectivity index (χ0) is 13.1. The molecule has 104 valence electrons. The van der Waals surface area contributed by atoms with Gasteiger partial charge in [-0.05, 0) is 49.3 Å². The maximum absolute atomic E-state index is 3.60. The quantitative estimate of drug-likeness (QED) is 0.890. The lowest BCUT2D eigenvalue weighted by Crippen LogP contribution is -2.34. The molecule has 2 aliphatic rings. The number of nitrogens with one attached hydrogen (secondary N) is 1. The molecule has 0 bridgehead atoms. The number of likely N-dealkylation sites (tertiary alicyclic amines) is 1. The van der Waals surface area contributed by atoms with Gasteiger partial charge in [-0.2, -0.15) is 0 Å². The lowest BCUT2D eigenvalue weighted by atomic mass is 9.93. The summed E-state index contributed by atoms with van der Waals surface area (Å²) in [5.41, 5.74) is 2.85. The van der Waals surface area contributed by atoms with E-state index in [1.165, 1.54) is 56.6 Å². The van der Waals surface area contributed by atoms with Crippen LogP contribution in [0.3, 0.4) is 0 Å². The Kier molecular flexibility index (Phi) is 4.07. The molecule has 19 heavy (non-hydrogen) atoms. The molecule has 0 aromatic heterocycles. The van der Waals surface area contributed by atoms with Crippen LogP contribution in [0.1, 0.15) is 31.7 Å². The third-order valence-corrected chi connectivity index (χ3v) is 4.69. The minimum absolute atomic E-state index is 0.787. The van der Waals surface area contributed by atoms with Crippen LogP contribution >= 0.6 is 0 Å². The zero-order valence-electron chi connectivity index (χ0n) is 12.1. The Balaban J connectivity index is 1.53. The van der Waals surface area contributed by atoms with E-state index in [0.717, 1.165) is 18.4 Å². The van der Waals surface area contributed by atoms with E-state index in [0.29, 0.717) is 0 Å². The normalized spacial score (nSPS) is 27.0. The molecule has 1 aromatic carbocycles. The lowest BCUT2D eigenvalue weighted by Gasteiger charge is -2.29. The van der Waals surface area contributed by atoms with E-state index in [1.807, 2.05) is 0 Å². The second kappa shape index (κ2) is 5.96. The first kappa shape index (κ1) is 13.0. The molecule has 1 saturated heterocycles. The van der Waals surface area contributed by atoms with Gasteiger partial charge in [0.05, 0.1) is 0 Å². The predicted octanol–water partition coefficient (Wildman–Crippen LogP) is 3.39. The molecule has 0 amide bonds. The molecule has 2 aliphatic heterocycles. The third-order valence-electron chi connectivity index (χ3n) is 4.69. The molecular formula is C17H26N2. The van der Waals surface area contributed by atoms with Crippen LogP contribution in [-0.4, -0.2) is 31.1 Å². The highest BCUT2D eigenvalue weighted by Crippen LogP contribution is 2.27. The van der Waals surface area contributed by atoms with Crippen LogP contribution in [0.4, 0.5) is 5.69 Å². The van der Waals surface area contributed by atoms with Crippen LogP contribution in [0.25, 0.3) is 0 Å². The van der Waals surface area contributed by atoms with Gasteiger partial charge in [0.1, 0.15) is 0 Å². The number of para-hydroxylation sites is 1. The Hall–Kier alpha value is -1.02. The Morgan fingerprint density at radius 2 is 2.16 bits per heavy atom. The molecule has 2 nitrogen and oxygen atoms in total. The minimum atomic E-state index is 0.787. The van der Waals surface area contributed by atoms with E-state index in [9.17, 15) is 0 Å². The second-order valence-corrected chi connectivity index (χ2v) is 6.31. The SMILES string of the molecule is CCCC1CCN(CC2CNc3ccccc3C2)C1. The summed E-state index contributed by atoms with van der Waals surface area (Å²) in [4.78, 5) is 2.70. The van der Waals surface area contributed by atoms with Gasteiger partial charge in [0.15, 0.2) is 0 Å². The van der Waals surface area contributed by atoms with Gasteiger partial charge < -0.3 is 10.2 Å². The Morgan fingerprint density at radius 1 is 1.26 bits per heavy atom. The van der Waals surface area contributed by atoms with Crippen molar-refractivity contribution in [3.8, 4) is 0 Å². The van der Waals surface area contributed by atoms with Crippen molar-refractivity contribution in [3.63, 3.8) is 0 Å². The van der Waals surface area contributed by atoms with Crippen molar-refractivity contribution < 1.29 is 0 Å². The van der Waals surface area contributed by atoms with Crippen LogP contribution in [0, 0.1) is 11.8 Å². The Labute approximate surface area is 117 Å². The van der Waals surface area contributed by atoms with Crippen LogP contribution in [0.2, 0.25) is 0 Å². The monoisotopic (exact) mass is 258 g/mol. The van der Waals surface area contributed by atoms with E-state index in [4.69, 9.17) is 0 Å². The van der Waals surface area contributed by atoms with Gasteiger partial charge >= 0.3 is 0 Å². The fraction of sp³-hybridized carbons (Fsp3) is 0.647. The van der Waals surface area contributed by atoms with E-state index in [2.05, 4.69) is 41.4 Å². The van der Waals surface area contributed by atoms with Gasteiger partial charge in [-0.1, -0.05) is 31.5 Å². The van der Waals surface area contributed by atoms with Crippen molar-refractivity contribution in [2.75, 3.05) is 31.5 Å². The van der Waals surface area contributed by atoms with Crippen LogP contribution < -0.4 is 5.32 Å². The fourth-order valence-corrected chi connectivity index (χ4v) is 3.73. The summed E-state index contributed by atoms with van der Waals surface area (Å²) >= 11 is 0. The molecule has 1 N–H and O–H groups in total. The van der Waals surface area contributed by atoms with Gasteiger partial charge in [-0.3, -0.25) is 0 Å². The van der Waals surface area contributed by atoms with Crippen molar-refractivity contribution in [3.05, 3.63) is 29.8 Å².